The van der Waals surface area contributed by atoms with Gasteiger partial charge in [0.05, 0.1) is 24.3 Å². The minimum Gasteiger partial charge on any atom is -0.302 e. The van der Waals surface area contributed by atoms with Crippen LogP contribution in [-0.4, -0.2) is 59.3 Å². The van der Waals surface area contributed by atoms with Crippen LogP contribution in [0.3, 0.4) is 0 Å². The van der Waals surface area contributed by atoms with Gasteiger partial charge in [0.2, 0.25) is 0 Å². The molecule has 0 saturated carbocycles. The van der Waals surface area contributed by atoms with Crippen molar-refractivity contribution in [2.75, 3.05) is 20.4 Å². The molecule has 1 amide bonds. The Morgan fingerprint density at radius 1 is 1.20 bits per heavy atom. The first-order valence-corrected chi connectivity index (χ1v) is 12.4. The van der Waals surface area contributed by atoms with Gasteiger partial charge in [-0.25, -0.2) is 18.9 Å². The van der Waals surface area contributed by atoms with Crippen molar-refractivity contribution in [1.82, 2.24) is 20.1 Å². The molecule has 35 heavy (non-hydrogen) atoms. The zero-order valence-electron chi connectivity index (χ0n) is 19.9. The zero-order valence-corrected chi connectivity index (χ0v) is 21.5. The molecule has 2 N–H and O–H groups in total. The molecular weight excluding hydrogens is 496 g/mol. The molecule has 1 heterocycles. The molecule has 0 aliphatic heterocycles. The lowest BCUT2D eigenvalue weighted by Gasteiger charge is -2.25. The third-order valence-electron chi connectivity index (χ3n) is 6.06. The lowest BCUT2D eigenvalue weighted by molar-refractivity contribution is -0.131. The Balaban J connectivity index is 0.00000432. The number of hydrogen-bond donors (Lipinski definition) is 2. The predicted octanol–water partition coefficient (Wildman–Crippen LogP) is 2.18. The van der Waals surface area contributed by atoms with Crippen molar-refractivity contribution < 1.29 is 23.3 Å². The monoisotopic (exact) mass is 524 g/mol. The number of fused-ring (bicyclic) bond motifs is 1. The van der Waals surface area contributed by atoms with E-state index < -0.39 is 20.5 Å². The number of amides is 1. The van der Waals surface area contributed by atoms with Crippen molar-refractivity contribution in [3.05, 3.63) is 64.7 Å². The van der Waals surface area contributed by atoms with E-state index in [1.807, 2.05) is 43.4 Å². The molecule has 0 spiro atoms. The van der Waals surface area contributed by atoms with E-state index in [1.165, 1.54) is 23.3 Å². The van der Waals surface area contributed by atoms with Gasteiger partial charge in [0.25, 0.3) is 11.5 Å². The summed E-state index contributed by atoms with van der Waals surface area (Å²) in [5.41, 5.74) is 4.50. The molecule has 0 saturated heterocycles. The summed E-state index contributed by atoms with van der Waals surface area (Å²) >= 11 is 0. The molecule has 3 aromatic rings. The summed E-state index contributed by atoms with van der Waals surface area (Å²) in [6.07, 6.45) is 2.03. The molecule has 190 valence electrons. The van der Waals surface area contributed by atoms with E-state index in [1.54, 1.807) is 18.2 Å². The molecule has 0 bridgehead atoms. The van der Waals surface area contributed by atoms with Crippen molar-refractivity contribution in [1.29, 1.82) is 0 Å². The van der Waals surface area contributed by atoms with Crippen molar-refractivity contribution in [3.63, 3.8) is 0 Å². The number of benzene rings is 2. The highest BCUT2D eigenvalue weighted by Crippen LogP contribution is 2.24. The van der Waals surface area contributed by atoms with Gasteiger partial charge in [-0.15, -0.1) is 12.4 Å². The Morgan fingerprint density at radius 2 is 1.83 bits per heavy atom. The number of carbonyl (C=O) groups is 1. The van der Waals surface area contributed by atoms with Gasteiger partial charge in [0.15, 0.2) is 14.6 Å². The highest BCUT2D eigenvalue weighted by atomic mass is 35.5. The molecule has 3 rings (SSSR count). The minimum atomic E-state index is -3.87. The molecule has 1 aromatic heterocycles. The summed E-state index contributed by atoms with van der Waals surface area (Å²) in [5, 5.41) is 11.0. The number of hydroxylamine groups is 3. The van der Waals surface area contributed by atoms with Gasteiger partial charge in [-0.1, -0.05) is 30.3 Å². The van der Waals surface area contributed by atoms with Gasteiger partial charge in [-0.3, -0.25) is 19.4 Å². The number of aromatic nitrogens is 2. The number of nitrogens with zero attached hydrogens (tertiary/aromatic N) is 3. The van der Waals surface area contributed by atoms with Crippen LogP contribution in [0.4, 0.5) is 0 Å². The van der Waals surface area contributed by atoms with Gasteiger partial charge < -0.3 is 4.84 Å². The van der Waals surface area contributed by atoms with E-state index in [2.05, 4.69) is 4.98 Å². The molecular formula is C23H29ClN4O6S. The Bertz CT molecular complexity index is 1360. The quantitative estimate of drug-likeness (QED) is 0.321. The topological polar surface area (TPSA) is 131 Å². The Hall–Kier alpha value is -2.83. The zero-order chi connectivity index (χ0) is 25.1. The number of hydrogen-bond acceptors (Lipinski definition) is 8. The maximum atomic E-state index is 13.0. The Morgan fingerprint density at radius 3 is 2.40 bits per heavy atom. The lowest BCUT2D eigenvalue weighted by Crippen LogP contribution is -2.50. The predicted molar refractivity (Wildman–Crippen MR) is 135 cm³/mol. The summed E-state index contributed by atoms with van der Waals surface area (Å²) in [7, 11) is -0.409. The molecule has 0 aliphatic carbocycles. The number of nitrogens with one attached hydrogen (secondary N) is 1. The lowest BCUT2D eigenvalue weighted by atomic mass is 10.0. The van der Waals surface area contributed by atoms with Crippen LogP contribution in [0.25, 0.3) is 22.0 Å². The van der Waals surface area contributed by atoms with Gasteiger partial charge >= 0.3 is 0 Å². The first kappa shape index (κ1) is 28.4. The van der Waals surface area contributed by atoms with Crippen molar-refractivity contribution in [3.8, 4) is 11.1 Å². The fourth-order valence-corrected chi connectivity index (χ4v) is 4.39. The Labute approximate surface area is 209 Å². The first-order chi connectivity index (χ1) is 16.0. The van der Waals surface area contributed by atoms with Gasteiger partial charge in [-0.05, 0) is 42.2 Å². The van der Waals surface area contributed by atoms with Crippen LogP contribution >= 0.6 is 12.4 Å². The fraction of sp³-hybridized carbons (Fsp3) is 0.348. The molecule has 0 fully saturated rings. The maximum absolute atomic E-state index is 13.0. The molecule has 2 aromatic carbocycles. The summed E-state index contributed by atoms with van der Waals surface area (Å²) in [6, 6.07) is 13.3. The van der Waals surface area contributed by atoms with E-state index in [0.29, 0.717) is 17.4 Å². The first-order valence-electron chi connectivity index (χ1n) is 10.5. The molecule has 1 atom stereocenters. The van der Waals surface area contributed by atoms with E-state index in [4.69, 9.17) is 10.0 Å². The van der Waals surface area contributed by atoms with Crippen molar-refractivity contribution >= 4 is 39.1 Å². The second-order valence-electron chi connectivity index (χ2n) is 8.33. The summed E-state index contributed by atoms with van der Waals surface area (Å²) in [5.74, 6) is -1.05. The third kappa shape index (κ3) is 6.06. The molecule has 10 nitrogen and oxygen atoms in total. The van der Waals surface area contributed by atoms with Crippen LogP contribution in [0.1, 0.15) is 18.9 Å². The summed E-state index contributed by atoms with van der Waals surface area (Å²) in [6.45, 7) is 1.78. The minimum absolute atomic E-state index is 0. The number of rotatable bonds is 9. The molecule has 0 aliphatic rings. The van der Waals surface area contributed by atoms with Crippen LogP contribution in [0.2, 0.25) is 0 Å². The largest absolute Gasteiger partial charge is 0.302 e. The maximum Gasteiger partial charge on any atom is 0.264 e. The second kappa shape index (κ2) is 11.3. The molecule has 0 radical (unpaired) electrons. The van der Waals surface area contributed by atoms with Gasteiger partial charge in [0.1, 0.15) is 0 Å². The van der Waals surface area contributed by atoms with Crippen LogP contribution in [0, 0.1) is 0 Å². The van der Waals surface area contributed by atoms with Crippen LogP contribution < -0.4 is 11.0 Å². The average Bonchev–Trinajstić information content (AvgIpc) is 2.82. The van der Waals surface area contributed by atoms with E-state index >= 15 is 0 Å². The number of aryl methyl sites for hydroxylation is 1. The van der Waals surface area contributed by atoms with Gasteiger partial charge in [0, 0.05) is 26.4 Å². The van der Waals surface area contributed by atoms with Crippen molar-refractivity contribution in [2.24, 2.45) is 0 Å². The fourth-order valence-electron chi connectivity index (χ4n) is 3.54. The van der Waals surface area contributed by atoms with Gasteiger partial charge in [-0.2, -0.15) is 5.06 Å². The molecule has 12 heteroatoms. The highest BCUT2D eigenvalue weighted by molar-refractivity contribution is 7.92. The number of sulfone groups is 1. The smallest absolute Gasteiger partial charge is 0.264 e. The number of halogens is 1. The van der Waals surface area contributed by atoms with E-state index in [9.17, 15) is 18.0 Å². The van der Waals surface area contributed by atoms with Crippen LogP contribution in [-0.2, 0) is 32.6 Å². The standard InChI is InChI=1S/C23H28N4O6S.ClH/c1-23(22(29)25-30,34(4,31)32)11-12-27-15-24-20-13-18(9-10-19(20)21(27)28)17-7-5-16(6-8-17)14-26(2)33-3;/h5-10,13,15,30H,11-12,14H2,1-4H3,(H,25,29);1H. The summed E-state index contributed by atoms with van der Waals surface area (Å²) < 4.78 is 23.7. The van der Waals surface area contributed by atoms with Crippen LogP contribution in [0.15, 0.2) is 53.6 Å². The second-order valence-corrected chi connectivity index (χ2v) is 10.8. The van der Waals surface area contributed by atoms with E-state index in [-0.39, 0.29) is 30.9 Å². The molecule has 1 unspecified atom stereocenters. The van der Waals surface area contributed by atoms with E-state index in [0.717, 1.165) is 22.9 Å². The third-order valence-corrected chi connectivity index (χ3v) is 8.09. The Kier molecular flexibility index (Phi) is 9.15. The summed E-state index contributed by atoms with van der Waals surface area (Å²) in [4.78, 5) is 34.5. The normalized spacial score (nSPS) is 13.3. The number of carbonyl (C=O) groups excluding carboxylic acids is 1. The van der Waals surface area contributed by atoms with Crippen LogP contribution in [0.5, 0.6) is 0 Å². The average molecular weight is 525 g/mol. The van der Waals surface area contributed by atoms with Crippen molar-refractivity contribution in [2.45, 2.75) is 31.2 Å². The highest BCUT2D eigenvalue weighted by Gasteiger charge is 2.43. The SMILES string of the molecule is CON(C)Cc1ccc(-c2ccc3c(=O)n(CCC(C)(C(=O)NO)S(C)(=O)=O)cnc3c2)cc1.Cl.